The molecule has 0 unspecified atom stereocenters. The molecule has 11 heteroatoms. The van der Waals surface area contributed by atoms with Crippen LogP contribution in [0.2, 0.25) is 0 Å². The highest BCUT2D eigenvalue weighted by Gasteiger charge is 2.42. The van der Waals surface area contributed by atoms with Crippen molar-refractivity contribution in [1.82, 2.24) is 15.5 Å². The van der Waals surface area contributed by atoms with Crippen molar-refractivity contribution in [1.29, 1.82) is 0 Å². The third kappa shape index (κ3) is 6.01. The molecule has 4 aliphatic rings. The molecular weight excluding hydrogens is 554 g/mol. The van der Waals surface area contributed by atoms with Crippen molar-refractivity contribution in [3.05, 3.63) is 53.6 Å². The van der Waals surface area contributed by atoms with Gasteiger partial charge < -0.3 is 20.1 Å². The molecule has 0 bridgehead atoms. The van der Waals surface area contributed by atoms with E-state index in [1.807, 2.05) is 49.4 Å². The summed E-state index contributed by atoms with van der Waals surface area (Å²) in [7, 11) is 0. The van der Waals surface area contributed by atoms with Gasteiger partial charge in [0, 0.05) is 24.6 Å². The lowest BCUT2D eigenvalue weighted by atomic mass is 9.95. The minimum absolute atomic E-state index is 0.0169. The predicted octanol–water partition coefficient (Wildman–Crippen LogP) is 4.43. The number of carbonyl (C=O) groups excluding carboxylic acids is 3. The molecule has 42 heavy (non-hydrogen) atoms. The summed E-state index contributed by atoms with van der Waals surface area (Å²) >= 11 is 1.31. The Labute approximate surface area is 249 Å². The van der Waals surface area contributed by atoms with Gasteiger partial charge in [0.05, 0.1) is 10.9 Å². The van der Waals surface area contributed by atoms with Crippen molar-refractivity contribution in [2.24, 2.45) is 9.98 Å². The minimum atomic E-state index is -0.704. The van der Waals surface area contributed by atoms with E-state index < -0.39 is 6.04 Å². The molecule has 220 valence electrons. The summed E-state index contributed by atoms with van der Waals surface area (Å²) in [5.74, 6) is 1.48. The summed E-state index contributed by atoms with van der Waals surface area (Å²) in [4.78, 5) is 50.7. The fourth-order valence-electron chi connectivity index (χ4n) is 5.67. The van der Waals surface area contributed by atoms with Gasteiger partial charge in [-0.3, -0.25) is 19.4 Å². The molecule has 2 aromatic rings. The van der Waals surface area contributed by atoms with Crippen LogP contribution < -0.4 is 20.1 Å². The Bertz CT molecular complexity index is 1440. The van der Waals surface area contributed by atoms with Crippen LogP contribution in [0.25, 0.3) is 0 Å². The van der Waals surface area contributed by atoms with Crippen LogP contribution in [-0.2, 0) is 20.9 Å². The number of benzene rings is 2. The van der Waals surface area contributed by atoms with Gasteiger partial charge in [0.2, 0.25) is 18.6 Å². The SMILES string of the molecule is CC[C@H](SC1=Nc2ccccc2C2=N[C@H](CCC(=O)NCc3ccc4c(c3)OCO4)C(=O)N12)C(=O)NC1CCCCC1. The maximum absolute atomic E-state index is 13.7. The second-order valence-electron chi connectivity index (χ2n) is 10.9. The molecule has 1 saturated carbocycles. The summed E-state index contributed by atoms with van der Waals surface area (Å²) in [5, 5.41) is 6.21. The normalized spacial score (nSPS) is 19.9. The van der Waals surface area contributed by atoms with Crippen molar-refractivity contribution in [2.75, 3.05) is 6.79 Å². The zero-order valence-electron chi connectivity index (χ0n) is 23.6. The topological polar surface area (TPSA) is 122 Å². The molecule has 0 spiro atoms. The third-order valence-corrected chi connectivity index (χ3v) is 9.30. The molecule has 0 radical (unpaired) electrons. The zero-order chi connectivity index (χ0) is 29.1. The number of fused-ring (bicyclic) bond motifs is 4. The molecule has 0 aromatic heterocycles. The standard InChI is InChI=1S/C31H35N5O5S/c1-2-26(29(38)33-20-8-4-3-5-9-20)42-31-35-22-11-7-6-10-21(22)28-34-23(30(39)36(28)31)13-15-27(37)32-17-19-12-14-24-25(16-19)41-18-40-24/h6-7,10-12,14,16,20,23,26H,2-5,8-9,13,15,17-18H2,1H3,(H,32,37)(H,33,38)/t23-,26+/m1/s1. The summed E-state index contributed by atoms with van der Waals surface area (Å²) in [5.41, 5.74) is 2.38. The maximum Gasteiger partial charge on any atom is 0.259 e. The maximum atomic E-state index is 13.7. The van der Waals surface area contributed by atoms with Crippen LogP contribution >= 0.6 is 11.8 Å². The Balaban J connectivity index is 1.11. The van der Waals surface area contributed by atoms with Crippen molar-refractivity contribution < 1.29 is 23.9 Å². The Morgan fingerprint density at radius 2 is 1.90 bits per heavy atom. The van der Waals surface area contributed by atoms with Crippen molar-refractivity contribution in [2.45, 2.75) is 82.2 Å². The monoisotopic (exact) mass is 589 g/mol. The number of hydrogen-bond acceptors (Lipinski definition) is 8. The van der Waals surface area contributed by atoms with E-state index in [1.165, 1.54) is 18.2 Å². The summed E-state index contributed by atoms with van der Waals surface area (Å²) in [6.45, 7) is 2.51. The van der Waals surface area contributed by atoms with E-state index in [-0.39, 0.29) is 48.6 Å². The molecule has 3 heterocycles. The molecule has 10 nitrogen and oxygen atoms in total. The van der Waals surface area contributed by atoms with Gasteiger partial charge in [-0.05, 0) is 55.5 Å². The smallest absolute Gasteiger partial charge is 0.259 e. The largest absolute Gasteiger partial charge is 0.454 e. The fourth-order valence-corrected chi connectivity index (χ4v) is 6.70. The number of ether oxygens (including phenoxy) is 2. The molecule has 2 aromatic carbocycles. The van der Waals surface area contributed by atoms with Gasteiger partial charge in [-0.2, -0.15) is 0 Å². The van der Waals surface area contributed by atoms with Gasteiger partial charge in [-0.25, -0.2) is 9.89 Å². The number of nitrogens with zero attached hydrogens (tertiary/aromatic N) is 3. The van der Waals surface area contributed by atoms with Crippen LogP contribution in [0.5, 0.6) is 11.5 Å². The number of rotatable bonds is 9. The van der Waals surface area contributed by atoms with Crippen LogP contribution in [0.3, 0.4) is 0 Å². The Hall–Kier alpha value is -3.86. The minimum Gasteiger partial charge on any atom is -0.454 e. The average molecular weight is 590 g/mol. The van der Waals surface area contributed by atoms with Gasteiger partial charge in [-0.1, -0.05) is 56.1 Å². The van der Waals surface area contributed by atoms with Crippen molar-refractivity contribution >= 4 is 46.2 Å². The molecular formula is C31H35N5O5S. The molecule has 3 amide bonds. The number of carbonyl (C=O) groups is 3. The summed E-state index contributed by atoms with van der Waals surface area (Å²) in [6.07, 6.45) is 6.53. The van der Waals surface area contributed by atoms with E-state index in [0.717, 1.165) is 36.8 Å². The van der Waals surface area contributed by atoms with Gasteiger partial charge in [0.25, 0.3) is 5.91 Å². The number of amidine groups is 2. The average Bonchev–Trinajstić information content (AvgIpc) is 3.62. The second-order valence-corrected chi connectivity index (χ2v) is 12.1. The molecule has 2 N–H and O–H groups in total. The van der Waals surface area contributed by atoms with Gasteiger partial charge in [0.15, 0.2) is 16.7 Å². The van der Waals surface area contributed by atoms with Crippen LogP contribution in [0.15, 0.2) is 52.4 Å². The number of hydrogen-bond donors (Lipinski definition) is 2. The van der Waals surface area contributed by atoms with Crippen LogP contribution in [0, 0.1) is 0 Å². The number of aliphatic imine (C=N–C) groups is 2. The number of thioether (sulfide) groups is 1. The van der Waals surface area contributed by atoms with Crippen LogP contribution in [-0.4, -0.2) is 57.8 Å². The summed E-state index contributed by atoms with van der Waals surface area (Å²) in [6, 6.07) is 12.6. The van der Waals surface area contributed by atoms with E-state index in [0.29, 0.717) is 41.2 Å². The number of amides is 3. The first kappa shape index (κ1) is 28.3. The number of para-hydroxylation sites is 1. The lowest BCUT2D eigenvalue weighted by molar-refractivity contribution is -0.125. The van der Waals surface area contributed by atoms with Crippen LogP contribution in [0.4, 0.5) is 5.69 Å². The predicted molar refractivity (Wildman–Crippen MR) is 161 cm³/mol. The fraction of sp³-hybridized carbons (Fsp3) is 0.452. The van der Waals surface area contributed by atoms with E-state index >= 15 is 0 Å². The Morgan fingerprint density at radius 1 is 1.10 bits per heavy atom. The van der Waals surface area contributed by atoms with E-state index in [2.05, 4.69) is 10.6 Å². The molecule has 6 rings (SSSR count). The van der Waals surface area contributed by atoms with Gasteiger partial charge in [-0.15, -0.1) is 0 Å². The van der Waals surface area contributed by atoms with Gasteiger partial charge >= 0.3 is 0 Å². The quantitative estimate of drug-likeness (QED) is 0.446. The van der Waals surface area contributed by atoms with E-state index in [4.69, 9.17) is 19.5 Å². The van der Waals surface area contributed by atoms with Crippen molar-refractivity contribution in [3.63, 3.8) is 0 Å². The van der Waals surface area contributed by atoms with Crippen molar-refractivity contribution in [3.8, 4) is 11.5 Å². The summed E-state index contributed by atoms with van der Waals surface area (Å²) < 4.78 is 10.7. The molecule has 3 aliphatic heterocycles. The highest BCUT2D eigenvalue weighted by Crippen LogP contribution is 2.36. The number of nitrogens with one attached hydrogen (secondary N) is 2. The zero-order valence-corrected chi connectivity index (χ0v) is 24.5. The molecule has 1 fully saturated rings. The molecule has 2 atom stereocenters. The first-order valence-corrected chi connectivity index (χ1v) is 15.6. The third-order valence-electron chi connectivity index (χ3n) is 7.98. The molecule has 1 aliphatic carbocycles. The van der Waals surface area contributed by atoms with E-state index in [9.17, 15) is 14.4 Å². The Morgan fingerprint density at radius 3 is 2.74 bits per heavy atom. The highest BCUT2D eigenvalue weighted by atomic mass is 32.2. The first-order chi connectivity index (χ1) is 20.5. The highest BCUT2D eigenvalue weighted by molar-refractivity contribution is 8.15. The molecule has 0 saturated heterocycles. The van der Waals surface area contributed by atoms with E-state index in [1.54, 1.807) is 4.90 Å². The Kier molecular flexibility index (Phi) is 8.46. The van der Waals surface area contributed by atoms with Gasteiger partial charge in [0.1, 0.15) is 11.9 Å². The lowest BCUT2D eigenvalue weighted by Gasteiger charge is -2.29. The second kappa shape index (κ2) is 12.6. The lowest BCUT2D eigenvalue weighted by Crippen LogP contribution is -2.45. The van der Waals surface area contributed by atoms with Crippen LogP contribution in [0.1, 0.15) is 69.4 Å². The first-order valence-electron chi connectivity index (χ1n) is 14.7.